The van der Waals surface area contributed by atoms with Crippen LogP contribution in [0.15, 0.2) is 16.6 Å². The molecule has 0 aliphatic carbocycles. The zero-order valence-electron chi connectivity index (χ0n) is 8.95. The Kier molecular flexibility index (Phi) is 4.26. The van der Waals surface area contributed by atoms with Crippen molar-refractivity contribution < 1.29 is 0 Å². The molecule has 0 bridgehead atoms. The first-order chi connectivity index (χ1) is 6.69. The lowest BCUT2D eigenvalue weighted by atomic mass is 10.2. The second-order valence-electron chi connectivity index (χ2n) is 3.23. The van der Waals surface area contributed by atoms with Gasteiger partial charge in [0.1, 0.15) is 0 Å². The van der Waals surface area contributed by atoms with E-state index < -0.39 is 0 Å². The standard InChI is InChI=1S/C11H17BrN2/c1-4-13-9-6-8(3)7-10(11(9)12)14-5-2/h6-7,13-14H,4-5H2,1-3H3. The van der Waals surface area contributed by atoms with Crippen molar-refractivity contribution >= 4 is 27.3 Å². The largest absolute Gasteiger partial charge is 0.384 e. The molecule has 0 saturated carbocycles. The van der Waals surface area contributed by atoms with Gasteiger partial charge in [-0.25, -0.2) is 0 Å². The van der Waals surface area contributed by atoms with Gasteiger partial charge in [0.2, 0.25) is 0 Å². The van der Waals surface area contributed by atoms with Crippen molar-refractivity contribution in [3.05, 3.63) is 22.2 Å². The summed E-state index contributed by atoms with van der Waals surface area (Å²) < 4.78 is 1.12. The molecule has 0 atom stereocenters. The van der Waals surface area contributed by atoms with Gasteiger partial charge in [0.05, 0.1) is 15.8 Å². The highest BCUT2D eigenvalue weighted by Gasteiger charge is 2.05. The Morgan fingerprint density at radius 3 is 1.86 bits per heavy atom. The van der Waals surface area contributed by atoms with Crippen molar-refractivity contribution in [2.24, 2.45) is 0 Å². The molecular formula is C11H17BrN2. The SMILES string of the molecule is CCNc1cc(C)cc(NCC)c1Br. The number of anilines is 2. The average molecular weight is 257 g/mol. The maximum absolute atomic E-state index is 3.59. The number of benzene rings is 1. The maximum Gasteiger partial charge on any atom is 0.0638 e. The molecule has 0 fully saturated rings. The average Bonchev–Trinajstić information content (AvgIpc) is 2.14. The third-order valence-electron chi connectivity index (χ3n) is 1.95. The predicted molar refractivity (Wildman–Crippen MR) is 67.2 cm³/mol. The summed E-state index contributed by atoms with van der Waals surface area (Å²) in [7, 11) is 0. The molecule has 0 spiro atoms. The van der Waals surface area contributed by atoms with E-state index in [0.29, 0.717) is 0 Å². The van der Waals surface area contributed by atoms with Crippen molar-refractivity contribution in [2.45, 2.75) is 20.8 Å². The van der Waals surface area contributed by atoms with Crippen LogP contribution in [-0.2, 0) is 0 Å². The Morgan fingerprint density at radius 1 is 1.07 bits per heavy atom. The second-order valence-corrected chi connectivity index (χ2v) is 4.03. The minimum Gasteiger partial charge on any atom is -0.384 e. The van der Waals surface area contributed by atoms with Gasteiger partial charge in [0, 0.05) is 13.1 Å². The Hall–Kier alpha value is -0.700. The molecule has 3 heteroatoms. The summed E-state index contributed by atoms with van der Waals surface area (Å²) in [5, 5.41) is 6.66. The number of hydrogen-bond donors (Lipinski definition) is 2. The fourth-order valence-corrected chi connectivity index (χ4v) is 1.92. The van der Waals surface area contributed by atoms with Gasteiger partial charge in [0.25, 0.3) is 0 Å². The van der Waals surface area contributed by atoms with E-state index in [4.69, 9.17) is 0 Å². The van der Waals surface area contributed by atoms with Gasteiger partial charge in [0.15, 0.2) is 0 Å². The molecule has 0 amide bonds. The van der Waals surface area contributed by atoms with Crippen LogP contribution in [0, 0.1) is 6.92 Å². The summed E-state index contributed by atoms with van der Waals surface area (Å²) in [6, 6.07) is 4.29. The third kappa shape index (κ3) is 2.64. The number of hydrogen-bond acceptors (Lipinski definition) is 2. The summed E-state index contributed by atoms with van der Waals surface area (Å²) >= 11 is 3.59. The van der Waals surface area contributed by atoms with Crippen LogP contribution in [0.4, 0.5) is 11.4 Å². The predicted octanol–water partition coefficient (Wildman–Crippen LogP) is 3.62. The highest BCUT2D eigenvalue weighted by Crippen LogP contribution is 2.32. The topological polar surface area (TPSA) is 24.1 Å². The molecule has 0 heterocycles. The lowest BCUT2D eigenvalue weighted by molar-refractivity contribution is 1.18. The minimum atomic E-state index is 0.938. The summed E-state index contributed by atoms with van der Waals surface area (Å²) in [6.45, 7) is 8.18. The number of aryl methyl sites for hydroxylation is 1. The van der Waals surface area contributed by atoms with Crippen LogP contribution in [0.1, 0.15) is 19.4 Å². The minimum absolute atomic E-state index is 0.938. The van der Waals surface area contributed by atoms with Crippen molar-refractivity contribution in [1.82, 2.24) is 0 Å². The normalized spacial score (nSPS) is 10.0. The molecule has 1 rings (SSSR count). The van der Waals surface area contributed by atoms with Gasteiger partial charge in [-0.05, 0) is 54.4 Å². The lowest BCUT2D eigenvalue weighted by Crippen LogP contribution is -2.02. The molecule has 2 nitrogen and oxygen atoms in total. The molecule has 0 aliphatic rings. The summed E-state index contributed by atoms with van der Waals surface area (Å²) in [4.78, 5) is 0. The summed E-state index contributed by atoms with van der Waals surface area (Å²) in [5.74, 6) is 0. The van der Waals surface area contributed by atoms with Gasteiger partial charge in [-0.2, -0.15) is 0 Å². The summed E-state index contributed by atoms with van der Waals surface area (Å²) in [6.07, 6.45) is 0. The van der Waals surface area contributed by atoms with Gasteiger partial charge in [-0.1, -0.05) is 0 Å². The van der Waals surface area contributed by atoms with Gasteiger partial charge >= 0.3 is 0 Å². The number of halogens is 1. The number of rotatable bonds is 4. The first-order valence-electron chi connectivity index (χ1n) is 4.97. The molecule has 0 aliphatic heterocycles. The molecule has 0 saturated heterocycles. The van der Waals surface area contributed by atoms with Crippen LogP contribution in [-0.4, -0.2) is 13.1 Å². The highest BCUT2D eigenvalue weighted by atomic mass is 79.9. The first kappa shape index (κ1) is 11.4. The van der Waals surface area contributed by atoms with E-state index in [-0.39, 0.29) is 0 Å². The van der Waals surface area contributed by atoms with E-state index in [1.807, 2.05) is 0 Å². The molecule has 78 valence electrons. The van der Waals surface area contributed by atoms with Crippen LogP contribution in [0.25, 0.3) is 0 Å². The monoisotopic (exact) mass is 256 g/mol. The molecule has 1 aromatic rings. The van der Waals surface area contributed by atoms with Crippen LogP contribution < -0.4 is 10.6 Å². The van der Waals surface area contributed by atoms with Crippen molar-refractivity contribution in [3.8, 4) is 0 Å². The first-order valence-corrected chi connectivity index (χ1v) is 5.76. The van der Waals surface area contributed by atoms with Crippen LogP contribution >= 0.6 is 15.9 Å². The fraction of sp³-hybridized carbons (Fsp3) is 0.455. The zero-order valence-corrected chi connectivity index (χ0v) is 10.5. The van der Waals surface area contributed by atoms with Crippen molar-refractivity contribution in [1.29, 1.82) is 0 Å². The van der Waals surface area contributed by atoms with E-state index in [1.165, 1.54) is 5.56 Å². The maximum atomic E-state index is 3.59. The Labute approximate surface area is 94.2 Å². The van der Waals surface area contributed by atoms with Gasteiger partial charge in [-0.15, -0.1) is 0 Å². The zero-order chi connectivity index (χ0) is 10.6. The second kappa shape index (κ2) is 5.25. The van der Waals surface area contributed by atoms with E-state index in [9.17, 15) is 0 Å². The van der Waals surface area contributed by atoms with Gasteiger partial charge in [-0.3, -0.25) is 0 Å². The van der Waals surface area contributed by atoms with E-state index in [0.717, 1.165) is 28.9 Å². The van der Waals surface area contributed by atoms with Crippen LogP contribution in [0.5, 0.6) is 0 Å². The Balaban J connectivity index is 3.04. The van der Waals surface area contributed by atoms with Crippen LogP contribution in [0.2, 0.25) is 0 Å². The van der Waals surface area contributed by atoms with E-state index >= 15 is 0 Å². The van der Waals surface area contributed by atoms with E-state index in [1.54, 1.807) is 0 Å². The van der Waals surface area contributed by atoms with Crippen LogP contribution in [0.3, 0.4) is 0 Å². The van der Waals surface area contributed by atoms with E-state index in [2.05, 4.69) is 59.5 Å². The van der Waals surface area contributed by atoms with Gasteiger partial charge < -0.3 is 10.6 Å². The highest BCUT2D eigenvalue weighted by molar-refractivity contribution is 9.10. The quantitative estimate of drug-likeness (QED) is 0.860. The Bertz CT molecular complexity index is 283. The van der Waals surface area contributed by atoms with Crippen molar-refractivity contribution in [2.75, 3.05) is 23.7 Å². The Morgan fingerprint density at radius 2 is 1.50 bits per heavy atom. The molecular weight excluding hydrogens is 240 g/mol. The van der Waals surface area contributed by atoms with Crippen molar-refractivity contribution in [3.63, 3.8) is 0 Å². The lowest BCUT2D eigenvalue weighted by Gasteiger charge is -2.13. The molecule has 1 aromatic carbocycles. The molecule has 2 N–H and O–H groups in total. The third-order valence-corrected chi connectivity index (χ3v) is 2.81. The fourth-order valence-electron chi connectivity index (χ4n) is 1.41. The molecule has 0 unspecified atom stereocenters. The molecule has 0 radical (unpaired) electrons. The number of nitrogens with one attached hydrogen (secondary N) is 2. The summed E-state index contributed by atoms with van der Waals surface area (Å²) in [5.41, 5.74) is 3.58. The molecule has 14 heavy (non-hydrogen) atoms. The smallest absolute Gasteiger partial charge is 0.0638 e. The molecule has 0 aromatic heterocycles.